The summed E-state index contributed by atoms with van der Waals surface area (Å²) in [4.78, 5) is 16.7. The molecule has 1 aromatic heterocycles. The zero-order valence-corrected chi connectivity index (χ0v) is 10.1. The van der Waals surface area contributed by atoms with E-state index in [1.807, 2.05) is 27.7 Å². The summed E-state index contributed by atoms with van der Waals surface area (Å²) >= 11 is 0. The highest BCUT2D eigenvalue weighted by molar-refractivity contribution is 5.69. The minimum absolute atomic E-state index is 0.00184. The summed E-state index contributed by atoms with van der Waals surface area (Å²) in [6.07, 6.45) is 0. The zero-order valence-electron chi connectivity index (χ0n) is 10.1. The fraction of sp³-hybridized carbons (Fsp3) is 0.636. The maximum absolute atomic E-state index is 10.7. The van der Waals surface area contributed by atoms with Gasteiger partial charge in [0, 0.05) is 6.04 Å². The van der Waals surface area contributed by atoms with Crippen LogP contribution in [0.15, 0.2) is 4.42 Å². The van der Waals surface area contributed by atoms with Gasteiger partial charge in [-0.2, -0.15) is 0 Å². The van der Waals surface area contributed by atoms with E-state index in [1.54, 1.807) is 4.90 Å². The smallest absolute Gasteiger partial charge is 0.317 e. The number of rotatable bonds is 5. The van der Waals surface area contributed by atoms with Gasteiger partial charge in [-0.05, 0) is 27.7 Å². The number of oxazole rings is 1. The summed E-state index contributed by atoms with van der Waals surface area (Å²) in [7, 11) is 0. The van der Waals surface area contributed by atoms with Crippen molar-refractivity contribution in [2.75, 3.05) is 6.54 Å². The molecule has 90 valence electrons. The van der Waals surface area contributed by atoms with Crippen LogP contribution in [-0.2, 0) is 11.3 Å². The van der Waals surface area contributed by atoms with Gasteiger partial charge in [-0.25, -0.2) is 4.98 Å². The predicted molar refractivity (Wildman–Crippen MR) is 59.2 cm³/mol. The number of hydrogen-bond acceptors (Lipinski definition) is 4. The Hall–Kier alpha value is -1.36. The molecule has 0 unspecified atom stereocenters. The third-order valence-corrected chi connectivity index (χ3v) is 2.48. The Morgan fingerprint density at radius 2 is 2.12 bits per heavy atom. The molecule has 0 saturated heterocycles. The topological polar surface area (TPSA) is 66.6 Å². The molecule has 0 bridgehead atoms. The Kier molecular flexibility index (Phi) is 4.06. The number of hydrogen-bond donors (Lipinski definition) is 1. The molecule has 16 heavy (non-hydrogen) atoms. The number of aromatic nitrogens is 1. The molecular weight excluding hydrogens is 208 g/mol. The van der Waals surface area contributed by atoms with Crippen LogP contribution in [0.4, 0.5) is 0 Å². The summed E-state index contributed by atoms with van der Waals surface area (Å²) in [6, 6.07) is 0.142. The lowest BCUT2D eigenvalue weighted by atomic mass is 10.3. The molecule has 5 nitrogen and oxygen atoms in total. The van der Waals surface area contributed by atoms with E-state index in [0.717, 1.165) is 11.5 Å². The van der Waals surface area contributed by atoms with Crippen LogP contribution in [0.3, 0.4) is 0 Å². The molecule has 0 radical (unpaired) electrons. The van der Waals surface area contributed by atoms with Crippen LogP contribution < -0.4 is 0 Å². The molecule has 0 atom stereocenters. The van der Waals surface area contributed by atoms with Crippen LogP contribution >= 0.6 is 0 Å². The predicted octanol–water partition coefficient (Wildman–Crippen LogP) is 1.59. The molecule has 1 N–H and O–H groups in total. The van der Waals surface area contributed by atoms with Crippen molar-refractivity contribution in [2.24, 2.45) is 0 Å². The summed E-state index contributed by atoms with van der Waals surface area (Å²) in [6.45, 7) is 8.05. The first-order valence-corrected chi connectivity index (χ1v) is 5.29. The van der Waals surface area contributed by atoms with Crippen molar-refractivity contribution in [3.05, 3.63) is 17.3 Å². The second-order valence-electron chi connectivity index (χ2n) is 4.14. The fourth-order valence-corrected chi connectivity index (χ4v) is 1.38. The Bertz CT molecular complexity index is 352. The van der Waals surface area contributed by atoms with Gasteiger partial charge in [0.2, 0.25) is 5.89 Å². The molecule has 0 aliphatic rings. The lowest BCUT2D eigenvalue weighted by Gasteiger charge is -2.22. The lowest BCUT2D eigenvalue weighted by Crippen LogP contribution is -2.35. The van der Waals surface area contributed by atoms with Crippen molar-refractivity contribution in [1.29, 1.82) is 0 Å². The molecule has 0 aromatic carbocycles. The van der Waals surface area contributed by atoms with Gasteiger partial charge in [0.1, 0.15) is 5.76 Å². The fourth-order valence-electron chi connectivity index (χ4n) is 1.38. The second-order valence-corrected chi connectivity index (χ2v) is 4.14. The SMILES string of the molecule is Cc1nc(CN(CC(=O)O)C(C)C)oc1C. The van der Waals surface area contributed by atoms with Crippen LogP contribution in [0.5, 0.6) is 0 Å². The van der Waals surface area contributed by atoms with Crippen molar-refractivity contribution < 1.29 is 14.3 Å². The monoisotopic (exact) mass is 226 g/mol. The average Bonchev–Trinajstić information content (AvgIpc) is 2.44. The summed E-state index contributed by atoms with van der Waals surface area (Å²) < 4.78 is 5.43. The highest BCUT2D eigenvalue weighted by Crippen LogP contribution is 2.12. The van der Waals surface area contributed by atoms with E-state index in [0.29, 0.717) is 12.4 Å². The maximum atomic E-state index is 10.7. The van der Waals surface area contributed by atoms with Gasteiger partial charge in [0.25, 0.3) is 0 Å². The van der Waals surface area contributed by atoms with E-state index < -0.39 is 5.97 Å². The molecule has 5 heteroatoms. The molecule has 1 heterocycles. The number of carboxylic acid groups (broad SMARTS) is 1. The first kappa shape index (κ1) is 12.7. The number of aliphatic carboxylic acids is 1. The van der Waals surface area contributed by atoms with Crippen molar-refractivity contribution in [2.45, 2.75) is 40.3 Å². The Balaban J connectivity index is 2.71. The summed E-state index contributed by atoms with van der Waals surface area (Å²) in [5.74, 6) is 0.521. The van der Waals surface area contributed by atoms with Crippen LogP contribution in [-0.4, -0.2) is 33.5 Å². The number of aryl methyl sites for hydroxylation is 2. The number of carbonyl (C=O) groups is 1. The van der Waals surface area contributed by atoms with Gasteiger partial charge >= 0.3 is 5.97 Å². The van der Waals surface area contributed by atoms with E-state index in [9.17, 15) is 4.79 Å². The molecule has 0 aliphatic heterocycles. The zero-order chi connectivity index (χ0) is 12.3. The summed E-state index contributed by atoms with van der Waals surface area (Å²) in [5, 5.41) is 8.78. The van der Waals surface area contributed by atoms with Gasteiger partial charge < -0.3 is 9.52 Å². The van der Waals surface area contributed by atoms with Gasteiger partial charge in [-0.3, -0.25) is 9.69 Å². The highest BCUT2D eigenvalue weighted by atomic mass is 16.4. The van der Waals surface area contributed by atoms with E-state index in [1.165, 1.54) is 0 Å². The lowest BCUT2D eigenvalue weighted by molar-refractivity contribution is -0.139. The summed E-state index contributed by atoms with van der Waals surface area (Å²) in [5.41, 5.74) is 0.856. The minimum atomic E-state index is -0.839. The normalized spacial score (nSPS) is 11.4. The van der Waals surface area contributed by atoms with Gasteiger partial charge in [-0.1, -0.05) is 0 Å². The molecule has 0 fully saturated rings. The number of carboxylic acids is 1. The Morgan fingerprint density at radius 3 is 2.50 bits per heavy atom. The molecule has 1 aromatic rings. The molecule has 1 rings (SSSR count). The van der Waals surface area contributed by atoms with E-state index in [4.69, 9.17) is 9.52 Å². The second kappa shape index (κ2) is 5.12. The van der Waals surface area contributed by atoms with Crippen LogP contribution in [0, 0.1) is 13.8 Å². The van der Waals surface area contributed by atoms with E-state index in [2.05, 4.69) is 4.98 Å². The molecule has 0 aliphatic carbocycles. The minimum Gasteiger partial charge on any atom is -0.480 e. The first-order valence-electron chi connectivity index (χ1n) is 5.29. The molecule has 0 amide bonds. The van der Waals surface area contributed by atoms with Gasteiger partial charge in [0.15, 0.2) is 0 Å². The van der Waals surface area contributed by atoms with Gasteiger partial charge in [0.05, 0.1) is 18.8 Å². The first-order chi connectivity index (χ1) is 7.40. The molecule has 0 spiro atoms. The maximum Gasteiger partial charge on any atom is 0.317 e. The largest absolute Gasteiger partial charge is 0.480 e. The van der Waals surface area contributed by atoms with Crippen molar-refractivity contribution in [3.63, 3.8) is 0 Å². The van der Waals surface area contributed by atoms with Crippen LogP contribution in [0.2, 0.25) is 0 Å². The van der Waals surface area contributed by atoms with E-state index >= 15 is 0 Å². The third-order valence-electron chi connectivity index (χ3n) is 2.48. The highest BCUT2D eigenvalue weighted by Gasteiger charge is 2.17. The quantitative estimate of drug-likeness (QED) is 0.825. The van der Waals surface area contributed by atoms with Gasteiger partial charge in [-0.15, -0.1) is 0 Å². The molecule has 0 saturated carbocycles. The molecular formula is C11H18N2O3. The Morgan fingerprint density at radius 1 is 1.50 bits per heavy atom. The third kappa shape index (κ3) is 3.34. The van der Waals surface area contributed by atoms with Crippen molar-refractivity contribution >= 4 is 5.97 Å². The standard InChI is InChI=1S/C11H18N2O3/c1-7(2)13(6-11(14)15)5-10-12-8(3)9(4)16-10/h7H,5-6H2,1-4H3,(H,14,15). The van der Waals surface area contributed by atoms with Crippen molar-refractivity contribution in [1.82, 2.24) is 9.88 Å². The number of nitrogens with zero attached hydrogens (tertiary/aromatic N) is 2. The van der Waals surface area contributed by atoms with E-state index in [-0.39, 0.29) is 12.6 Å². The van der Waals surface area contributed by atoms with Crippen LogP contribution in [0.1, 0.15) is 31.2 Å². The van der Waals surface area contributed by atoms with Crippen LogP contribution in [0.25, 0.3) is 0 Å². The van der Waals surface area contributed by atoms with Crippen molar-refractivity contribution in [3.8, 4) is 0 Å². The Labute approximate surface area is 95.1 Å². The average molecular weight is 226 g/mol.